The molecule has 156 valence electrons. The second-order valence-electron chi connectivity index (χ2n) is 7.92. The number of hydrogen-bond donors (Lipinski definition) is 0. The number of halogens is 1. The molecule has 1 saturated carbocycles. The number of carbonyl (C=O) groups is 1. The molecule has 9 heteroatoms. The van der Waals surface area contributed by atoms with Crippen molar-refractivity contribution in [2.75, 3.05) is 18.6 Å². The molecule has 0 bridgehead atoms. The summed E-state index contributed by atoms with van der Waals surface area (Å²) in [5, 5.41) is 5.20. The van der Waals surface area contributed by atoms with E-state index in [-0.39, 0.29) is 29.3 Å². The normalized spacial score (nSPS) is 20.5. The van der Waals surface area contributed by atoms with Crippen LogP contribution in [-0.2, 0) is 14.6 Å². The fourth-order valence-electron chi connectivity index (χ4n) is 4.05. The number of ether oxygens (including phenoxy) is 1. The second-order valence-corrected chi connectivity index (χ2v) is 10.1. The Balaban J connectivity index is 1.80. The third-order valence-corrected chi connectivity index (χ3v) is 7.50. The number of hydrogen-bond acceptors (Lipinski definition) is 6. The van der Waals surface area contributed by atoms with Crippen molar-refractivity contribution in [2.24, 2.45) is 0 Å². The molecule has 2 fully saturated rings. The molecule has 3 aromatic rings. The molecule has 0 N–H and O–H groups in total. The first-order valence-corrected chi connectivity index (χ1v) is 11.7. The summed E-state index contributed by atoms with van der Waals surface area (Å²) in [4.78, 5) is 17.4. The number of nitrogens with zero attached hydrogens (tertiary/aromatic N) is 3. The molecule has 0 spiro atoms. The van der Waals surface area contributed by atoms with Crippen molar-refractivity contribution in [2.45, 2.75) is 31.2 Å². The van der Waals surface area contributed by atoms with E-state index in [0.717, 1.165) is 18.5 Å². The van der Waals surface area contributed by atoms with Gasteiger partial charge in [0, 0.05) is 17.2 Å². The molecule has 1 atom stereocenters. The van der Waals surface area contributed by atoms with Crippen molar-refractivity contribution >= 4 is 26.8 Å². The zero-order chi connectivity index (χ0) is 21.0. The van der Waals surface area contributed by atoms with Gasteiger partial charge in [0.05, 0.1) is 35.6 Å². The highest BCUT2D eigenvalue weighted by molar-refractivity contribution is 7.91. The average Bonchev–Trinajstić information content (AvgIpc) is 3.42. The molecule has 1 saturated heterocycles. The van der Waals surface area contributed by atoms with Crippen molar-refractivity contribution in [3.05, 3.63) is 47.4 Å². The Morgan fingerprint density at radius 3 is 2.53 bits per heavy atom. The van der Waals surface area contributed by atoms with Crippen LogP contribution in [0.2, 0.25) is 0 Å². The van der Waals surface area contributed by atoms with Crippen LogP contribution in [0.3, 0.4) is 0 Å². The highest BCUT2D eigenvalue weighted by Gasteiger charge is 2.34. The molecule has 3 heterocycles. The van der Waals surface area contributed by atoms with Gasteiger partial charge in [0.25, 0.3) is 0 Å². The molecule has 1 aromatic carbocycles. The predicted molar refractivity (Wildman–Crippen MR) is 109 cm³/mol. The van der Waals surface area contributed by atoms with Crippen molar-refractivity contribution in [3.63, 3.8) is 0 Å². The Bertz CT molecular complexity index is 1260. The lowest BCUT2D eigenvalue weighted by atomic mass is 10.0. The van der Waals surface area contributed by atoms with E-state index >= 15 is 0 Å². The lowest BCUT2D eigenvalue weighted by molar-refractivity contribution is 0.0602. The monoisotopic (exact) mass is 429 g/mol. The first-order valence-electron chi connectivity index (χ1n) is 9.84. The fourth-order valence-corrected chi connectivity index (χ4v) is 5.74. The van der Waals surface area contributed by atoms with Gasteiger partial charge < -0.3 is 4.74 Å². The number of benzene rings is 1. The number of methoxy groups -OCH3 is 1. The smallest absolute Gasteiger partial charge is 0.338 e. The van der Waals surface area contributed by atoms with Crippen LogP contribution in [0.15, 0.2) is 30.3 Å². The molecular formula is C21H20FN3O4S. The number of rotatable bonds is 4. The van der Waals surface area contributed by atoms with Crippen molar-refractivity contribution in [3.8, 4) is 11.3 Å². The third-order valence-electron chi connectivity index (χ3n) is 5.75. The van der Waals surface area contributed by atoms with Gasteiger partial charge in [-0.25, -0.2) is 27.3 Å². The van der Waals surface area contributed by atoms with Crippen LogP contribution in [0, 0.1) is 5.82 Å². The van der Waals surface area contributed by atoms with Gasteiger partial charge in [-0.05, 0) is 49.6 Å². The summed E-state index contributed by atoms with van der Waals surface area (Å²) in [7, 11) is -1.83. The summed E-state index contributed by atoms with van der Waals surface area (Å²) in [6.45, 7) is 0. The number of esters is 1. The minimum absolute atomic E-state index is 0.0183. The summed E-state index contributed by atoms with van der Waals surface area (Å²) in [5.74, 6) is -0.534. The Kier molecular flexibility index (Phi) is 4.39. The van der Waals surface area contributed by atoms with Crippen LogP contribution in [0.4, 0.5) is 4.39 Å². The molecule has 1 unspecified atom stereocenters. The largest absolute Gasteiger partial charge is 0.465 e. The van der Waals surface area contributed by atoms with Gasteiger partial charge in [-0.2, -0.15) is 5.10 Å². The van der Waals surface area contributed by atoms with Crippen molar-refractivity contribution in [1.82, 2.24) is 14.8 Å². The minimum Gasteiger partial charge on any atom is -0.465 e. The van der Waals surface area contributed by atoms with Gasteiger partial charge in [0.1, 0.15) is 11.5 Å². The van der Waals surface area contributed by atoms with E-state index in [9.17, 15) is 17.6 Å². The Hall–Kier alpha value is -2.81. The lowest BCUT2D eigenvalue weighted by Crippen LogP contribution is -2.13. The van der Waals surface area contributed by atoms with Crippen LogP contribution < -0.4 is 0 Å². The van der Waals surface area contributed by atoms with Gasteiger partial charge >= 0.3 is 5.97 Å². The van der Waals surface area contributed by atoms with Gasteiger partial charge in [-0.15, -0.1) is 0 Å². The molecule has 30 heavy (non-hydrogen) atoms. The van der Waals surface area contributed by atoms with Gasteiger partial charge in [0.15, 0.2) is 15.5 Å². The van der Waals surface area contributed by atoms with E-state index < -0.39 is 15.8 Å². The standard InChI is InChI=1S/C21H20FN3O4S/c1-29-21(26)16-10-17(12-2-3-12)23-20-18(16)19(13-4-6-14(22)7-5-13)24-25(20)15-8-9-30(27,28)11-15/h4-7,10,12,15H,2-3,8-9,11H2,1H3. The molecule has 2 aliphatic rings. The molecule has 5 rings (SSSR count). The number of aromatic nitrogens is 3. The van der Waals surface area contributed by atoms with Crippen molar-refractivity contribution in [1.29, 1.82) is 0 Å². The maximum Gasteiger partial charge on any atom is 0.338 e. The van der Waals surface area contributed by atoms with Crippen LogP contribution >= 0.6 is 0 Å². The van der Waals surface area contributed by atoms with E-state index in [4.69, 9.17) is 14.8 Å². The molecule has 0 radical (unpaired) electrons. The van der Waals surface area contributed by atoms with Crippen molar-refractivity contribution < 1.29 is 22.3 Å². The first kappa shape index (κ1) is 19.2. The van der Waals surface area contributed by atoms with Crippen LogP contribution in [0.25, 0.3) is 22.3 Å². The first-order chi connectivity index (χ1) is 14.4. The van der Waals surface area contributed by atoms with Gasteiger partial charge in [0.2, 0.25) is 0 Å². The van der Waals surface area contributed by atoms with E-state index in [1.807, 2.05) is 0 Å². The van der Waals surface area contributed by atoms with E-state index in [1.165, 1.54) is 19.2 Å². The van der Waals surface area contributed by atoms with Crippen LogP contribution in [-0.4, -0.2) is 47.8 Å². The Labute approximate surface area is 172 Å². The van der Waals surface area contributed by atoms with Crippen LogP contribution in [0.1, 0.15) is 47.3 Å². The number of carbonyl (C=O) groups excluding carboxylic acids is 1. The molecule has 2 aromatic heterocycles. The zero-order valence-corrected chi connectivity index (χ0v) is 17.2. The maximum atomic E-state index is 13.5. The Morgan fingerprint density at radius 1 is 1.20 bits per heavy atom. The minimum atomic E-state index is -3.15. The summed E-state index contributed by atoms with van der Waals surface area (Å²) in [5.41, 5.74) is 2.68. The van der Waals surface area contributed by atoms with Crippen LogP contribution in [0.5, 0.6) is 0 Å². The quantitative estimate of drug-likeness (QED) is 0.591. The average molecular weight is 429 g/mol. The molecule has 7 nitrogen and oxygen atoms in total. The molecule has 1 aliphatic carbocycles. The lowest BCUT2D eigenvalue weighted by Gasteiger charge is -2.11. The molecule has 1 aliphatic heterocycles. The van der Waals surface area contributed by atoms with E-state index in [1.54, 1.807) is 22.9 Å². The summed E-state index contributed by atoms with van der Waals surface area (Å²) >= 11 is 0. The third kappa shape index (κ3) is 3.27. The van der Waals surface area contributed by atoms with E-state index in [0.29, 0.717) is 34.3 Å². The number of fused-ring (bicyclic) bond motifs is 1. The zero-order valence-electron chi connectivity index (χ0n) is 16.3. The second kappa shape index (κ2) is 6.87. The molecular weight excluding hydrogens is 409 g/mol. The summed E-state index contributed by atoms with van der Waals surface area (Å²) in [6, 6.07) is 7.20. The number of sulfone groups is 1. The van der Waals surface area contributed by atoms with Gasteiger partial charge in [-0.3, -0.25) is 0 Å². The number of pyridine rings is 1. The summed E-state index contributed by atoms with van der Waals surface area (Å²) < 4.78 is 44.3. The Morgan fingerprint density at radius 2 is 1.93 bits per heavy atom. The molecule has 0 amide bonds. The SMILES string of the molecule is COC(=O)c1cc(C2CC2)nc2c1c(-c1ccc(F)cc1)nn2C1CCS(=O)(=O)C1. The van der Waals surface area contributed by atoms with Gasteiger partial charge in [-0.1, -0.05) is 0 Å². The van der Waals surface area contributed by atoms with E-state index in [2.05, 4.69) is 0 Å². The fraction of sp³-hybridized carbons (Fsp3) is 0.381. The summed E-state index contributed by atoms with van der Waals surface area (Å²) in [6.07, 6.45) is 2.43. The topological polar surface area (TPSA) is 91.2 Å². The predicted octanol–water partition coefficient (Wildman–Crippen LogP) is 3.26. The highest BCUT2D eigenvalue weighted by Crippen LogP contribution is 2.42. The highest BCUT2D eigenvalue weighted by atomic mass is 32.2. The maximum absolute atomic E-state index is 13.5.